The fourth-order valence-electron chi connectivity index (χ4n) is 3.68. The van der Waals surface area contributed by atoms with Gasteiger partial charge in [-0.1, -0.05) is 36.2 Å². The van der Waals surface area contributed by atoms with E-state index in [-0.39, 0.29) is 0 Å². The van der Waals surface area contributed by atoms with Crippen molar-refractivity contribution in [2.24, 2.45) is 17.8 Å². The minimum absolute atomic E-state index is 0.566. The van der Waals surface area contributed by atoms with Gasteiger partial charge in [0, 0.05) is 16.1 Å². The van der Waals surface area contributed by atoms with Crippen LogP contribution >= 0.6 is 23.2 Å². The average molecular weight is 298 g/mol. The molecule has 1 nitrogen and oxygen atoms in total. The molecule has 3 heteroatoms. The van der Waals surface area contributed by atoms with Gasteiger partial charge in [-0.05, 0) is 67.7 Å². The second-order valence-corrected chi connectivity index (χ2v) is 6.94. The van der Waals surface area contributed by atoms with E-state index in [1.54, 1.807) is 0 Å². The van der Waals surface area contributed by atoms with Crippen molar-refractivity contribution < 1.29 is 0 Å². The number of rotatable bonds is 5. The molecule has 0 radical (unpaired) electrons. The van der Waals surface area contributed by atoms with Crippen LogP contribution in [0.4, 0.5) is 0 Å². The molecule has 3 atom stereocenters. The Morgan fingerprint density at radius 2 is 1.95 bits per heavy atom. The van der Waals surface area contributed by atoms with E-state index in [1.165, 1.54) is 24.8 Å². The summed E-state index contributed by atoms with van der Waals surface area (Å²) in [6.45, 7) is 3.22. The molecule has 2 saturated carbocycles. The molecule has 3 rings (SSSR count). The van der Waals surface area contributed by atoms with Crippen molar-refractivity contribution in [2.75, 3.05) is 6.54 Å². The topological polar surface area (TPSA) is 12.0 Å². The van der Waals surface area contributed by atoms with Crippen LogP contribution in [0.2, 0.25) is 10.0 Å². The van der Waals surface area contributed by atoms with E-state index < -0.39 is 0 Å². The quantitative estimate of drug-likeness (QED) is 0.840. The molecule has 0 aromatic heterocycles. The van der Waals surface area contributed by atoms with Gasteiger partial charge in [0.05, 0.1) is 0 Å². The summed E-state index contributed by atoms with van der Waals surface area (Å²) in [7, 11) is 0. The first-order valence-electron chi connectivity index (χ1n) is 7.34. The van der Waals surface area contributed by atoms with Crippen molar-refractivity contribution >= 4 is 23.2 Å². The first-order chi connectivity index (χ1) is 9.17. The number of benzene rings is 1. The van der Waals surface area contributed by atoms with Crippen LogP contribution in [-0.4, -0.2) is 12.6 Å². The molecule has 1 aromatic carbocycles. The van der Waals surface area contributed by atoms with Crippen LogP contribution in [0.3, 0.4) is 0 Å². The van der Waals surface area contributed by atoms with Crippen molar-refractivity contribution in [2.45, 2.75) is 38.6 Å². The van der Waals surface area contributed by atoms with Crippen molar-refractivity contribution in [1.82, 2.24) is 5.32 Å². The van der Waals surface area contributed by atoms with Gasteiger partial charge in [-0.15, -0.1) is 0 Å². The average Bonchev–Trinajstić information content (AvgIpc) is 2.98. The molecular formula is C16H21Cl2N. The van der Waals surface area contributed by atoms with Gasteiger partial charge in [0.2, 0.25) is 0 Å². The molecule has 104 valence electrons. The maximum atomic E-state index is 6.31. The molecule has 1 aromatic rings. The first-order valence-corrected chi connectivity index (χ1v) is 8.10. The summed E-state index contributed by atoms with van der Waals surface area (Å²) in [6.07, 6.45) is 5.33. The summed E-state index contributed by atoms with van der Waals surface area (Å²) in [6, 6.07) is 6.44. The lowest BCUT2D eigenvalue weighted by Gasteiger charge is -2.26. The van der Waals surface area contributed by atoms with Crippen molar-refractivity contribution in [1.29, 1.82) is 0 Å². The highest BCUT2D eigenvalue weighted by Crippen LogP contribution is 2.55. The Labute approximate surface area is 125 Å². The number of hydrogen-bond donors (Lipinski definition) is 1. The summed E-state index contributed by atoms with van der Waals surface area (Å²) in [4.78, 5) is 0. The fourth-order valence-corrected chi connectivity index (χ4v) is 4.17. The number of nitrogens with one attached hydrogen (secondary N) is 1. The smallest absolute Gasteiger partial charge is 0.0453 e. The van der Waals surface area contributed by atoms with E-state index in [0.717, 1.165) is 40.8 Å². The predicted octanol–water partition coefficient (Wildman–Crippen LogP) is 4.56. The standard InChI is InChI=1S/C16H21Cl2N/c1-2-19-16(13-6-11-5-12(11)7-13)8-10-3-4-14(17)9-15(10)18/h3-4,9,11-13,16,19H,2,5-8H2,1H3. The number of likely N-dealkylation sites (N-methyl/N-ethyl adjacent to an activating group) is 1. The van der Waals surface area contributed by atoms with Crippen LogP contribution in [-0.2, 0) is 6.42 Å². The summed E-state index contributed by atoms with van der Waals surface area (Å²) in [5, 5.41) is 5.19. The molecule has 2 aliphatic rings. The van der Waals surface area contributed by atoms with Gasteiger partial charge in [0.15, 0.2) is 0 Å². The molecule has 3 unspecified atom stereocenters. The normalized spacial score (nSPS) is 30.2. The van der Waals surface area contributed by atoms with E-state index in [0.29, 0.717) is 6.04 Å². The van der Waals surface area contributed by atoms with Gasteiger partial charge in [-0.2, -0.15) is 0 Å². The lowest BCUT2D eigenvalue weighted by molar-refractivity contribution is 0.337. The van der Waals surface area contributed by atoms with E-state index in [9.17, 15) is 0 Å². The van der Waals surface area contributed by atoms with Gasteiger partial charge >= 0.3 is 0 Å². The van der Waals surface area contributed by atoms with E-state index >= 15 is 0 Å². The van der Waals surface area contributed by atoms with Crippen LogP contribution in [0, 0.1) is 17.8 Å². The van der Waals surface area contributed by atoms with Gasteiger partial charge < -0.3 is 5.32 Å². The van der Waals surface area contributed by atoms with Gasteiger partial charge in [-0.25, -0.2) is 0 Å². The van der Waals surface area contributed by atoms with Crippen LogP contribution in [0.5, 0.6) is 0 Å². The summed E-state index contributed by atoms with van der Waals surface area (Å²) < 4.78 is 0. The van der Waals surface area contributed by atoms with Crippen LogP contribution in [0.1, 0.15) is 31.7 Å². The third-order valence-corrected chi connectivity index (χ3v) is 5.36. The van der Waals surface area contributed by atoms with Crippen molar-refractivity contribution in [3.8, 4) is 0 Å². The van der Waals surface area contributed by atoms with Gasteiger partial charge in [0.1, 0.15) is 0 Å². The fraction of sp³-hybridized carbons (Fsp3) is 0.625. The van der Waals surface area contributed by atoms with Gasteiger partial charge in [-0.3, -0.25) is 0 Å². The lowest BCUT2D eigenvalue weighted by atomic mass is 9.89. The zero-order valence-electron chi connectivity index (χ0n) is 11.3. The summed E-state index contributed by atoms with van der Waals surface area (Å²) >= 11 is 12.3. The zero-order valence-corrected chi connectivity index (χ0v) is 12.8. The Morgan fingerprint density at radius 3 is 2.58 bits per heavy atom. The Hall–Kier alpha value is -0.240. The molecule has 0 amide bonds. The van der Waals surface area contributed by atoms with Crippen LogP contribution < -0.4 is 5.32 Å². The molecule has 0 heterocycles. The number of fused-ring (bicyclic) bond motifs is 1. The molecule has 0 bridgehead atoms. The number of halogens is 2. The maximum absolute atomic E-state index is 6.31. The third kappa shape index (κ3) is 3.09. The largest absolute Gasteiger partial charge is 0.314 e. The monoisotopic (exact) mass is 297 g/mol. The summed E-state index contributed by atoms with van der Waals surface area (Å²) in [5.41, 5.74) is 1.22. The number of hydrogen-bond acceptors (Lipinski definition) is 1. The molecule has 0 spiro atoms. The molecular weight excluding hydrogens is 277 g/mol. The summed E-state index contributed by atoms with van der Waals surface area (Å²) in [5.74, 6) is 2.90. The Balaban J connectivity index is 1.69. The molecule has 0 saturated heterocycles. The highest BCUT2D eigenvalue weighted by molar-refractivity contribution is 6.35. The molecule has 1 N–H and O–H groups in total. The predicted molar refractivity (Wildman–Crippen MR) is 82.0 cm³/mol. The van der Waals surface area contributed by atoms with Gasteiger partial charge in [0.25, 0.3) is 0 Å². The van der Waals surface area contributed by atoms with E-state index in [1.807, 2.05) is 12.1 Å². The van der Waals surface area contributed by atoms with Crippen LogP contribution in [0.15, 0.2) is 18.2 Å². The Kier molecular flexibility index (Phi) is 4.07. The maximum Gasteiger partial charge on any atom is 0.0453 e. The molecule has 19 heavy (non-hydrogen) atoms. The Morgan fingerprint density at radius 1 is 1.21 bits per heavy atom. The van der Waals surface area contributed by atoms with Crippen molar-refractivity contribution in [3.05, 3.63) is 33.8 Å². The van der Waals surface area contributed by atoms with Crippen LogP contribution in [0.25, 0.3) is 0 Å². The minimum atomic E-state index is 0.566. The third-order valence-electron chi connectivity index (χ3n) is 4.77. The lowest BCUT2D eigenvalue weighted by Crippen LogP contribution is -2.37. The Bertz CT molecular complexity index is 450. The van der Waals surface area contributed by atoms with Crippen molar-refractivity contribution in [3.63, 3.8) is 0 Å². The molecule has 2 fully saturated rings. The highest BCUT2D eigenvalue weighted by atomic mass is 35.5. The minimum Gasteiger partial charge on any atom is -0.314 e. The second-order valence-electron chi connectivity index (χ2n) is 6.09. The van der Waals surface area contributed by atoms with E-state index in [4.69, 9.17) is 23.2 Å². The molecule has 2 aliphatic carbocycles. The SMILES string of the molecule is CCNC(Cc1ccc(Cl)cc1Cl)C1CC2CC2C1. The first kappa shape index (κ1) is 13.7. The molecule has 0 aliphatic heterocycles. The zero-order chi connectivity index (χ0) is 13.4. The second kappa shape index (κ2) is 5.63. The highest BCUT2D eigenvalue weighted by Gasteiger charge is 2.47. The van der Waals surface area contributed by atoms with E-state index in [2.05, 4.69) is 18.3 Å².